The fourth-order valence-electron chi connectivity index (χ4n) is 2.13. The number of carbonyl (C=O) groups excluding carboxylic acids is 3. The minimum atomic E-state index is -0.227. The largest absolute Gasteiger partial charge is 0.469 e. The molecule has 0 radical (unpaired) electrons. The highest BCUT2D eigenvalue weighted by Crippen LogP contribution is 2.07. The van der Waals surface area contributed by atoms with Crippen molar-refractivity contribution in [2.45, 2.75) is 44.9 Å². The number of para-hydroxylation sites is 1. The molecule has 0 spiro atoms. The Morgan fingerprint density at radius 2 is 1.50 bits per heavy atom. The number of carbonyl (C=O) groups is 3. The summed E-state index contributed by atoms with van der Waals surface area (Å²) in [4.78, 5) is 34.3. The normalized spacial score (nSPS) is 10.0. The fourth-order valence-corrected chi connectivity index (χ4v) is 2.13. The first kappa shape index (κ1) is 19.7. The molecule has 0 heterocycles. The minimum absolute atomic E-state index is 0.0171. The lowest BCUT2D eigenvalue weighted by molar-refractivity contribution is -0.140. The van der Waals surface area contributed by atoms with Crippen LogP contribution in [0, 0.1) is 0 Å². The number of esters is 1. The fraction of sp³-hybridized carbons (Fsp3) is 0.500. The predicted molar refractivity (Wildman–Crippen MR) is 92.4 cm³/mol. The van der Waals surface area contributed by atoms with Crippen molar-refractivity contribution >= 4 is 23.5 Å². The average Bonchev–Trinajstić information content (AvgIpc) is 2.59. The Hall–Kier alpha value is -2.37. The topological polar surface area (TPSA) is 84.5 Å². The van der Waals surface area contributed by atoms with Crippen LogP contribution in [-0.2, 0) is 19.1 Å². The summed E-state index contributed by atoms with van der Waals surface area (Å²) in [6.45, 7) is 0.560. The number of ether oxygens (including phenoxy) is 1. The first-order valence-corrected chi connectivity index (χ1v) is 8.30. The summed E-state index contributed by atoms with van der Waals surface area (Å²) in [6.07, 6.45) is 4.00. The molecule has 1 aromatic carbocycles. The summed E-state index contributed by atoms with van der Waals surface area (Å²) in [5, 5.41) is 5.63. The van der Waals surface area contributed by atoms with Crippen LogP contribution < -0.4 is 10.6 Å². The van der Waals surface area contributed by atoms with Gasteiger partial charge in [0.15, 0.2) is 0 Å². The number of hydrogen-bond donors (Lipinski definition) is 2. The van der Waals surface area contributed by atoms with E-state index in [0.717, 1.165) is 12.1 Å². The van der Waals surface area contributed by atoms with Gasteiger partial charge >= 0.3 is 5.97 Å². The average molecular weight is 334 g/mol. The zero-order chi connectivity index (χ0) is 17.6. The maximum atomic E-state index is 11.7. The lowest BCUT2D eigenvalue weighted by Crippen LogP contribution is -2.24. The lowest BCUT2D eigenvalue weighted by atomic mass is 10.1. The molecule has 0 aliphatic heterocycles. The Kier molecular flexibility index (Phi) is 9.92. The number of unbranched alkanes of at least 4 members (excludes halogenated alkanes) is 2. The Balaban J connectivity index is 1.99. The molecule has 0 saturated heterocycles. The van der Waals surface area contributed by atoms with Crippen molar-refractivity contribution in [2.75, 3.05) is 19.0 Å². The van der Waals surface area contributed by atoms with E-state index < -0.39 is 0 Å². The highest BCUT2D eigenvalue weighted by molar-refractivity contribution is 5.90. The molecule has 0 aliphatic carbocycles. The summed E-state index contributed by atoms with van der Waals surface area (Å²) < 4.78 is 4.54. The second-order valence-corrected chi connectivity index (χ2v) is 5.50. The first-order valence-electron chi connectivity index (χ1n) is 8.30. The second-order valence-electron chi connectivity index (χ2n) is 5.50. The molecular formula is C18H26N2O4. The van der Waals surface area contributed by atoms with E-state index in [1.807, 2.05) is 30.3 Å². The maximum absolute atomic E-state index is 11.7. The summed E-state index contributed by atoms with van der Waals surface area (Å²) in [7, 11) is 1.37. The van der Waals surface area contributed by atoms with Gasteiger partial charge < -0.3 is 15.4 Å². The van der Waals surface area contributed by atoms with Crippen molar-refractivity contribution in [2.24, 2.45) is 0 Å². The summed E-state index contributed by atoms with van der Waals surface area (Å²) in [6, 6.07) is 9.30. The molecule has 0 unspecified atom stereocenters. The van der Waals surface area contributed by atoms with Gasteiger partial charge in [-0.3, -0.25) is 14.4 Å². The van der Waals surface area contributed by atoms with Gasteiger partial charge in [0, 0.05) is 31.5 Å². The van der Waals surface area contributed by atoms with Crippen molar-refractivity contribution in [3.63, 3.8) is 0 Å². The van der Waals surface area contributed by atoms with Crippen LogP contribution in [0.15, 0.2) is 30.3 Å². The number of amides is 2. The third-order valence-corrected chi connectivity index (χ3v) is 3.47. The molecule has 1 rings (SSSR count). The zero-order valence-corrected chi connectivity index (χ0v) is 14.2. The number of nitrogens with one attached hydrogen (secondary N) is 2. The van der Waals surface area contributed by atoms with Crippen LogP contribution >= 0.6 is 0 Å². The van der Waals surface area contributed by atoms with Crippen molar-refractivity contribution in [3.05, 3.63) is 30.3 Å². The van der Waals surface area contributed by atoms with E-state index in [0.29, 0.717) is 45.1 Å². The van der Waals surface area contributed by atoms with Gasteiger partial charge in [-0.2, -0.15) is 0 Å². The molecule has 1 aromatic rings. The molecule has 0 bridgehead atoms. The smallest absolute Gasteiger partial charge is 0.305 e. The SMILES string of the molecule is COC(=O)CCCCNC(=O)CCCCC(=O)Nc1ccccc1. The van der Waals surface area contributed by atoms with E-state index in [1.165, 1.54) is 7.11 Å². The minimum Gasteiger partial charge on any atom is -0.469 e. The number of anilines is 1. The van der Waals surface area contributed by atoms with Gasteiger partial charge in [0.2, 0.25) is 11.8 Å². The van der Waals surface area contributed by atoms with Crippen molar-refractivity contribution in [1.82, 2.24) is 5.32 Å². The van der Waals surface area contributed by atoms with Crippen LogP contribution in [0.1, 0.15) is 44.9 Å². The van der Waals surface area contributed by atoms with Crippen LogP contribution in [0.2, 0.25) is 0 Å². The number of methoxy groups -OCH3 is 1. The van der Waals surface area contributed by atoms with E-state index in [9.17, 15) is 14.4 Å². The molecule has 2 N–H and O–H groups in total. The molecule has 2 amide bonds. The van der Waals surface area contributed by atoms with Gasteiger partial charge in [0.05, 0.1) is 7.11 Å². The summed E-state index contributed by atoms with van der Waals surface area (Å²) in [5.74, 6) is -0.281. The van der Waals surface area contributed by atoms with Crippen LogP contribution in [0.3, 0.4) is 0 Å². The van der Waals surface area contributed by atoms with Crippen molar-refractivity contribution < 1.29 is 19.1 Å². The third kappa shape index (κ3) is 9.61. The molecule has 0 fully saturated rings. The van der Waals surface area contributed by atoms with E-state index >= 15 is 0 Å². The van der Waals surface area contributed by atoms with Gasteiger partial charge in [0.25, 0.3) is 0 Å². The van der Waals surface area contributed by atoms with Gasteiger partial charge in [-0.05, 0) is 37.8 Å². The maximum Gasteiger partial charge on any atom is 0.305 e. The molecule has 0 aromatic heterocycles. The number of hydrogen-bond acceptors (Lipinski definition) is 4. The molecule has 0 aliphatic rings. The molecular weight excluding hydrogens is 308 g/mol. The first-order chi connectivity index (χ1) is 11.6. The quantitative estimate of drug-likeness (QED) is 0.481. The molecule has 6 nitrogen and oxygen atoms in total. The van der Waals surface area contributed by atoms with Gasteiger partial charge in [-0.15, -0.1) is 0 Å². The lowest BCUT2D eigenvalue weighted by Gasteiger charge is -2.06. The second kappa shape index (κ2) is 12.1. The Morgan fingerprint density at radius 1 is 0.875 bits per heavy atom. The standard InChI is InChI=1S/C18H26N2O4/c1-24-18(23)13-7-8-14-19-16(21)11-5-6-12-17(22)20-15-9-3-2-4-10-15/h2-4,9-10H,5-8,11-14H2,1H3,(H,19,21)(H,20,22). The van der Waals surface area contributed by atoms with Crippen molar-refractivity contribution in [3.8, 4) is 0 Å². The van der Waals surface area contributed by atoms with Gasteiger partial charge in [0.1, 0.15) is 0 Å². The van der Waals surface area contributed by atoms with Gasteiger partial charge in [-0.25, -0.2) is 0 Å². The van der Waals surface area contributed by atoms with Crippen LogP contribution in [0.25, 0.3) is 0 Å². The van der Waals surface area contributed by atoms with E-state index in [1.54, 1.807) is 0 Å². The predicted octanol–water partition coefficient (Wildman–Crippen LogP) is 2.65. The monoisotopic (exact) mass is 334 g/mol. The van der Waals surface area contributed by atoms with Crippen LogP contribution in [-0.4, -0.2) is 31.4 Å². The van der Waals surface area contributed by atoms with Crippen molar-refractivity contribution in [1.29, 1.82) is 0 Å². The Labute approximate surface area is 143 Å². The highest BCUT2D eigenvalue weighted by Gasteiger charge is 2.05. The van der Waals surface area contributed by atoms with Gasteiger partial charge in [-0.1, -0.05) is 18.2 Å². The van der Waals surface area contributed by atoms with E-state index in [2.05, 4.69) is 15.4 Å². The summed E-state index contributed by atoms with van der Waals surface area (Å²) >= 11 is 0. The van der Waals surface area contributed by atoms with Crippen LogP contribution in [0.5, 0.6) is 0 Å². The molecule has 0 saturated carbocycles. The Bertz CT molecular complexity index is 517. The number of rotatable bonds is 11. The van der Waals surface area contributed by atoms with E-state index in [4.69, 9.17) is 0 Å². The third-order valence-electron chi connectivity index (χ3n) is 3.47. The van der Waals surface area contributed by atoms with E-state index in [-0.39, 0.29) is 17.8 Å². The van der Waals surface area contributed by atoms with Crippen LogP contribution in [0.4, 0.5) is 5.69 Å². The summed E-state index contributed by atoms with van der Waals surface area (Å²) in [5.41, 5.74) is 0.784. The Morgan fingerprint density at radius 3 is 2.17 bits per heavy atom. The zero-order valence-electron chi connectivity index (χ0n) is 14.2. The molecule has 24 heavy (non-hydrogen) atoms. The molecule has 0 atom stereocenters. The molecule has 132 valence electrons. The number of benzene rings is 1. The molecule has 6 heteroatoms. The highest BCUT2D eigenvalue weighted by atomic mass is 16.5.